The van der Waals surface area contributed by atoms with Crippen LogP contribution in [0, 0.1) is 11.8 Å². The van der Waals surface area contributed by atoms with Gasteiger partial charge >= 0.3 is 5.97 Å². The lowest BCUT2D eigenvalue weighted by Crippen LogP contribution is -2.29. The second kappa shape index (κ2) is 5.79. The third-order valence-corrected chi connectivity index (χ3v) is 4.36. The number of rotatable bonds is 4. The van der Waals surface area contributed by atoms with E-state index in [1.807, 2.05) is 25.1 Å². The number of fused-ring (bicyclic) bond motifs is 1. The van der Waals surface area contributed by atoms with Crippen molar-refractivity contribution in [1.29, 1.82) is 0 Å². The summed E-state index contributed by atoms with van der Waals surface area (Å²) in [5.74, 6) is -1.38. The Labute approximate surface area is 128 Å². The van der Waals surface area contributed by atoms with E-state index in [9.17, 15) is 14.7 Å². The number of hydrogen-bond acceptors (Lipinski definition) is 3. The van der Waals surface area contributed by atoms with Gasteiger partial charge in [-0.25, -0.2) is 4.52 Å². The Morgan fingerprint density at radius 2 is 2.18 bits per heavy atom. The Bertz CT molecular complexity index is 709. The first-order chi connectivity index (χ1) is 10.6. The molecule has 1 amide bonds. The lowest BCUT2D eigenvalue weighted by Gasteiger charge is -2.15. The number of hydrogen-bond donors (Lipinski definition) is 1. The Morgan fingerprint density at radius 1 is 1.36 bits per heavy atom. The van der Waals surface area contributed by atoms with Gasteiger partial charge in [-0.05, 0) is 24.5 Å². The van der Waals surface area contributed by atoms with E-state index in [-0.39, 0.29) is 18.4 Å². The number of carboxylic acid groups (broad SMARTS) is 1. The summed E-state index contributed by atoms with van der Waals surface area (Å²) in [5, 5.41) is 13.5. The molecule has 0 aliphatic carbocycles. The van der Waals surface area contributed by atoms with Crippen molar-refractivity contribution in [2.75, 3.05) is 13.1 Å². The second-order valence-electron chi connectivity index (χ2n) is 5.79. The summed E-state index contributed by atoms with van der Waals surface area (Å²) in [6, 6.07) is 5.55. The van der Waals surface area contributed by atoms with E-state index in [1.165, 1.54) is 0 Å². The van der Waals surface area contributed by atoms with Gasteiger partial charge in [0, 0.05) is 19.3 Å². The molecule has 2 aromatic heterocycles. The molecule has 0 saturated carbocycles. The van der Waals surface area contributed by atoms with Crippen LogP contribution in [0.3, 0.4) is 0 Å². The highest BCUT2D eigenvalue weighted by Gasteiger charge is 2.39. The number of amides is 1. The maximum atomic E-state index is 12.7. The quantitative estimate of drug-likeness (QED) is 0.936. The normalized spacial score (nSPS) is 21.4. The number of aliphatic carboxylic acids is 1. The lowest BCUT2D eigenvalue weighted by molar-refractivity contribution is -0.142. The van der Waals surface area contributed by atoms with Crippen molar-refractivity contribution in [3.05, 3.63) is 36.2 Å². The summed E-state index contributed by atoms with van der Waals surface area (Å²) in [6.07, 6.45) is 5.10. The van der Waals surface area contributed by atoms with Gasteiger partial charge in [0.25, 0.3) is 5.91 Å². The fraction of sp³-hybridized carbons (Fsp3) is 0.438. The summed E-state index contributed by atoms with van der Waals surface area (Å²) >= 11 is 0. The molecule has 22 heavy (non-hydrogen) atoms. The monoisotopic (exact) mass is 301 g/mol. The fourth-order valence-electron chi connectivity index (χ4n) is 3.25. The van der Waals surface area contributed by atoms with Gasteiger partial charge < -0.3 is 10.0 Å². The summed E-state index contributed by atoms with van der Waals surface area (Å²) in [4.78, 5) is 25.8. The van der Waals surface area contributed by atoms with Gasteiger partial charge in [0.15, 0.2) is 0 Å². The summed E-state index contributed by atoms with van der Waals surface area (Å²) in [5.41, 5.74) is 1.28. The summed E-state index contributed by atoms with van der Waals surface area (Å²) < 4.78 is 1.65. The van der Waals surface area contributed by atoms with Crippen molar-refractivity contribution in [2.24, 2.45) is 11.8 Å². The van der Waals surface area contributed by atoms with Crippen molar-refractivity contribution in [1.82, 2.24) is 14.5 Å². The average molecular weight is 301 g/mol. The van der Waals surface area contributed by atoms with E-state index in [4.69, 9.17) is 0 Å². The molecule has 116 valence electrons. The lowest BCUT2D eigenvalue weighted by atomic mass is 9.92. The molecule has 1 saturated heterocycles. The van der Waals surface area contributed by atoms with Gasteiger partial charge in [-0.3, -0.25) is 9.59 Å². The minimum atomic E-state index is -0.811. The van der Waals surface area contributed by atoms with Crippen LogP contribution in [-0.2, 0) is 4.79 Å². The predicted molar refractivity (Wildman–Crippen MR) is 80.6 cm³/mol. The van der Waals surface area contributed by atoms with E-state index in [0.29, 0.717) is 12.1 Å². The molecule has 3 heterocycles. The number of aromatic nitrogens is 2. The molecule has 2 aromatic rings. The maximum absolute atomic E-state index is 12.7. The molecule has 6 heteroatoms. The van der Waals surface area contributed by atoms with Crippen LogP contribution < -0.4 is 0 Å². The highest BCUT2D eigenvalue weighted by atomic mass is 16.4. The van der Waals surface area contributed by atoms with E-state index in [2.05, 4.69) is 5.10 Å². The van der Waals surface area contributed by atoms with Gasteiger partial charge in [-0.1, -0.05) is 19.4 Å². The molecule has 2 atom stereocenters. The van der Waals surface area contributed by atoms with Crippen molar-refractivity contribution in [2.45, 2.75) is 19.8 Å². The topological polar surface area (TPSA) is 74.9 Å². The average Bonchev–Trinajstić information content (AvgIpc) is 3.11. The molecular weight excluding hydrogens is 282 g/mol. The zero-order chi connectivity index (χ0) is 15.7. The summed E-state index contributed by atoms with van der Waals surface area (Å²) in [6.45, 7) is 2.82. The molecule has 1 aliphatic heterocycles. The highest BCUT2D eigenvalue weighted by Crippen LogP contribution is 2.29. The molecule has 1 aliphatic rings. The Morgan fingerprint density at radius 3 is 2.91 bits per heavy atom. The van der Waals surface area contributed by atoms with Crippen LogP contribution in [0.4, 0.5) is 0 Å². The molecule has 0 spiro atoms. The third-order valence-electron chi connectivity index (χ3n) is 4.36. The Kier molecular flexibility index (Phi) is 3.83. The van der Waals surface area contributed by atoms with Gasteiger partial charge in [0.2, 0.25) is 0 Å². The van der Waals surface area contributed by atoms with Crippen LogP contribution in [0.25, 0.3) is 5.52 Å². The van der Waals surface area contributed by atoms with Crippen LogP contribution in [0.5, 0.6) is 0 Å². The van der Waals surface area contributed by atoms with Crippen molar-refractivity contribution < 1.29 is 14.7 Å². The van der Waals surface area contributed by atoms with Crippen LogP contribution in [0.1, 0.15) is 30.1 Å². The van der Waals surface area contributed by atoms with Gasteiger partial charge in [0.05, 0.1) is 23.2 Å². The minimum absolute atomic E-state index is 0.0355. The fourth-order valence-corrected chi connectivity index (χ4v) is 3.25. The number of carboxylic acids is 1. The van der Waals surface area contributed by atoms with E-state index in [1.54, 1.807) is 21.8 Å². The summed E-state index contributed by atoms with van der Waals surface area (Å²) in [7, 11) is 0. The number of likely N-dealkylation sites (tertiary alicyclic amines) is 1. The standard InChI is InChI=1S/C16H19N3O3/c1-2-5-11-9-18(10-13(11)16(21)22)15(20)12-8-17-19-7-4-3-6-14(12)19/h3-4,6-8,11,13H,2,5,9-10H2,1H3,(H,21,22)/t11-,13-/m1/s1. The Hall–Kier alpha value is -2.37. The van der Waals surface area contributed by atoms with Crippen LogP contribution >= 0.6 is 0 Å². The number of nitrogens with zero attached hydrogens (tertiary/aromatic N) is 3. The van der Waals surface area contributed by atoms with Crippen LogP contribution in [-0.4, -0.2) is 44.6 Å². The second-order valence-corrected chi connectivity index (χ2v) is 5.79. The molecule has 0 radical (unpaired) electrons. The SMILES string of the molecule is CCC[C@@H]1CN(C(=O)c2cnn3ccccc23)C[C@H]1C(=O)O. The third kappa shape index (κ3) is 2.45. The van der Waals surface area contributed by atoms with Crippen LogP contribution in [0.2, 0.25) is 0 Å². The molecule has 0 bridgehead atoms. The van der Waals surface area contributed by atoms with Gasteiger partial charge in [-0.2, -0.15) is 5.10 Å². The number of carbonyl (C=O) groups excluding carboxylic acids is 1. The first-order valence-electron chi connectivity index (χ1n) is 7.56. The first kappa shape index (κ1) is 14.6. The first-order valence-corrected chi connectivity index (χ1v) is 7.56. The molecule has 0 unspecified atom stereocenters. The van der Waals surface area contributed by atoms with E-state index >= 15 is 0 Å². The molecule has 0 aromatic carbocycles. The zero-order valence-corrected chi connectivity index (χ0v) is 12.5. The maximum Gasteiger partial charge on any atom is 0.308 e. The molecule has 1 fully saturated rings. The van der Waals surface area contributed by atoms with Crippen molar-refractivity contribution in [3.8, 4) is 0 Å². The predicted octanol–water partition coefficient (Wildman–Crippen LogP) is 1.91. The van der Waals surface area contributed by atoms with E-state index < -0.39 is 11.9 Å². The number of carbonyl (C=O) groups is 2. The Balaban J connectivity index is 1.85. The molecular formula is C16H19N3O3. The minimum Gasteiger partial charge on any atom is -0.481 e. The largest absolute Gasteiger partial charge is 0.481 e. The number of pyridine rings is 1. The van der Waals surface area contributed by atoms with E-state index in [0.717, 1.165) is 18.4 Å². The smallest absolute Gasteiger partial charge is 0.308 e. The van der Waals surface area contributed by atoms with Crippen molar-refractivity contribution in [3.63, 3.8) is 0 Å². The van der Waals surface area contributed by atoms with Gasteiger partial charge in [0.1, 0.15) is 0 Å². The molecule has 3 rings (SSSR count). The molecule has 1 N–H and O–H groups in total. The van der Waals surface area contributed by atoms with Crippen molar-refractivity contribution >= 4 is 17.4 Å². The molecule has 6 nitrogen and oxygen atoms in total. The highest BCUT2D eigenvalue weighted by molar-refractivity contribution is 6.01. The van der Waals surface area contributed by atoms with Crippen LogP contribution in [0.15, 0.2) is 30.6 Å². The van der Waals surface area contributed by atoms with Gasteiger partial charge in [-0.15, -0.1) is 0 Å². The zero-order valence-electron chi connectivity index (χ0n) is 12.5.